The molecule has 0 radical (unpaired) electrons. The van der Waals surface area contributed by atoms with E-state index in [1.807, 2.05) is 18.2 Å². The molecule has 0 bridgehead atoms. The van der Waals surface area contributed by atoms with Crippen molar-refractivity contribution < 1.29 is 14.3 Å². The Labute approximate surface area is 146 Å². The number of hydrogen-bond acceptors (Lipinski definition) is 7. The van der Waals surface area contributed by atoms with Gasteiger partial charge in [-0.1, -0.05) is 12.1 Å². The molecule has 3 rings (SSSR count). The lowest BCUT2D eigenvalue weighted by Crippen LogP contribution is -2.36. The number of carbonyl (C=O) groups is 1. The highest BCUT2D eigenvalue weighted by atomic mass is 16.5. The Balaban J connectivity index is 1.69. The summed E-state index contributed by atoms with van der Waals surface area (Å²) in [7, 11) is 0. The molecule has 2 N–H and O–H groups in total. The molecule has 0 aliphatic carbocycles. The Morgan fingerprint density at radius 3 is 2.60 bits per heavy atom. The topological polar surface area (TPSA) is 88.6 Å². The summed E-state index contributed by atoms with van der Waals surface area (Å²) in [5, 5.41) is 13.9. The molecule has 132 valence electrons. The molecule has 0 saturated carbocycles. The van der Waals surface area contributed by atoms with E-state index >= 15 is 0 Å². The van der Waals surface area contributed by atoms with Crippen LogP contribution in [0.15, 0.2) is 36.4 Å². The number of benzene rings is 1. The van der Waals surface area contributed by atoms with Gasteiger partial charge in [-0.3, -0.25) is 5.32 Å². The van der Waals surface area contributed by atoms with E-state index < -0.39 is 6.09 Å². The van der Waals surface area contributed by atoms with Gasteiger partial charge in [0, 0.05) is 13.1 Å². The van der Waals surface area contributed by atoms with Crippen molar-refractivity contribution in [2.45, 2.75) is 6.92 Å². The Morgan fingerprint density at radius 1 is 1.16 bits per heavy atom. The zero-order valence-corrected chi connectivity index (χ0v) is 14.1. The number of amides is 1. The van der Waals surface area contributed by atoms with E-state index in [9.17, 15) is 4.79 Å². The Kier molecular flexibility index (Phi) is 5.63. The summed E-state index contributed by atoms with van der Waals surface area (Å²) >= 11 is 0. The number of nitrogens with one attached hydrogen (secondary N) is 2. The van der Waals surface area contributed by atoms with Crippen molar-refractivity contribution in [1.29, 1.82) is 0 Å². The van der Waals surface area contributed by atoms with Crippen LogP contribution < -0.4 is 15.5 Å². The van der Waals surface area contributed by atoms with Crippen LogP contribution in [0.3, 0.4) is 0 Å². The molecule has 1 aromatic carbocycles. The van der Waals surface area contributed by atoms with Gasteiger partial charge in [0.1, 0.15) is 0 Å². The van der Waals surface area contributed by atoms with Gasteiger partial charge >= 0.3 is 6.09 Å². The van der Waals surface area contributed by atoms with Crippen molar-refractivity contribution in [2.24, 2.45) is 0 Å². The maximum atomic E-state index is 11.4. The van der Waals surface area contributed by atoms with Gasteiger partial charge in [0.25, 0.3) is 0 Å². The molecule has 1 aromatic heterocycles. The SMILES string of the molecule is CCOC(=O)Nc1ccc(Nc2ccccc2N2CCOCC2)nn1. The van der Waals surface area contributed by atoms with E-state index in [1.165, 1.54) is 0 Å². The number of aromatic nitrogens is 2. The molecule has 8 heteroatoms. The standard InChI is InChI=1S/C17H21N5O3/c1-2-25-17(23)19-16-8-7-15(20-21-16)18-13-5-3-4-6-14(13)22-9-11-24-12-10-22/h3-8H,2,9-12H2,1H3,(H,18,20)(H,19,21,23). The first-order chi connectivity index (χ1) is 12.3. The fourth-order valence-electron chi connectivity index (χ4n) is 2.53. The summed E-state index contributed by atoms with van der Waals surface area (Å²) in [6, 6.07) is 11.5. The summed E-state index contributed by atoms with van der Waals surface area (Å²) in [4.78, 5) is 13.6. The fraction of sp³-hybridized carbons (Fsp3) is 0.353. The van der Waals surface area contributed by atoms with Gasteiger partial charge in [-0.15, -0.1) is 10.2 Å². The van der Waals surface area contributed by atoms with Crippen LogP contribution in [0, 0.1) is 0 Å². The largest absolute Gasteiger partial charge is 0.450 e. The number of morpholine rings is 1. The summed E-state index contributed by atoms with van der Waals surface area (Å²) in [6.45, 7) is 5.20. The van der Waals surface area contributed by atoms with Crippen LogP contribution >= 0.6 is 0 Å². The Hall–Kier alpha value is -2.87. The van der Waals surface area contributed by atoms with E-state index in [0.29, 0.717) is 18.2 Å². The molecule has 1 aliphatic rings. The average molecular weight is 343 g/mol. The summed E-state index contributed by atoms with van der Waals surface area (Å²) in [5.41, 5.74) is 2.05. The second-order valence-corrected chi connectivity index (χ2v) is 5.39. The fourth-order valence-corrected chi connectivity index (χ4v) is 2.53. The maximum Gasteiger partial charge on any atom is 0.412 e. The molecule has 1 saturated heterocycles. The van der Waals surface area contributed by atoms with Crippen molar-refractivity contribution in [2.75, 3.05) is 48.4 Å². The molecule has 2 heterocycles. The molecule has 8 nitrogen and oxygen atoms in total. The lowest BCUT2D eigenvalue weighted by atomic mass is 10.2. The number of nitrogens with zero attached hydrogens (tertiary/aromatic N) is 3. The third-order valence-corrected chi connectivity index (χ3v) is 3.69. The summed E-state index contributed by atoms with van der Waals surface area (Å²) in [6.07, 6.45) is -0.546. The molecule has 25 heavy (non-hydrogen) atoms. The second-order valence-electron chi connectivity index (χ2n) is 5.39. The zero-order valence-electron chi connectivity index (χ0n) is 14.1. The number of para-hydroxylation sites is 2. The van der Waals surface area contributed by atoms with Gasteiger partial charge in [0.15, 0.2) is 11.6 Å². The zero-order chi connectivity index (χ0) is 17.5. The third kappa shape index (κ3) is 4.57. The molecule has 1 amide bonds. The van der Waals surface area contributed by atoms with Gasteiger partial charge in [-0.2, -0.15) is 0 Å². The highest BCUT2D eigenvalue weighted by Crippen LogP contribution is 2.28. The van der Waals surface area contributed by atoms with Gasteiger partial charge in [0.05, 0.1) is 31.2 Å². The molecule has 1 aliphatic heterocycles. The smallest absolute Gasteiger partial charge is 0.412 e. The van der Waals surface area contributed by atoms with E-state index in [2.05, 4.69) is 31.8 Å². The van der Waals surface area contributed by atoms with Gasteiger partial charge in [-0.05, 0) is 31.2 Å². The van der Waals surface area contributed by atoms with Gasteiger partial charge in [0.2, 0.25) is 0 Å². The monoisotopic (exact) mass is 343 g/mol. The molecule has 1 fully saturated rings. The Morgan fingerprint density at radius 2 is 1.88 bits per heavy atom. The first kappa shape index (κ1) is 17.0. The van der Waals surface area contributed by atoms with E-state index in [4.69, 9.17) is 9.47 Å². The van der Waals surface area contributed by atoms with Crippen molar-refractivity contribution in [3.8, 4) is 0 Å². The van der Waals surface area contributed by atoms with E-state index in [1.54, 1.807) is 19.1 Å². The minimum Gasteiger partial charge on any atom is -0.450 e. The number of carbonyl (C=O) groups excluding carboxylic acids is 1. The molecular formula is C17H21N5O3. The van der Waals surface area contributed by atoms with Crippen LogP contribution in [0.4, 0.5) is 27.8 Å². The molecule has 0 unspecified atom stereocenters. The molecular weight excluding hydrogens is 322 g/mol. The van der Waals surface area contributed by atoms with E-state index in [0.717, 1.165) is 37.7 Å². The first-order valence-electron chi connectivity index (χ1n) is 8.22. The highest BCUT2D eigenvalue weighted by molar-refractivity contribution is 5.83. The summed E-state index contributed by atoms with van der Waals surface area (Å²) < 4.78 is 10.2. The van der Waals surface area contributed by atoms with Crippen LogP contribution in [0.5, 0.6) is 0 Å². The Bertz CT molecular complexity index is 702. The van der Waals surface area contributed by atoms with Gasteiger partial charge < -0.3 is 19.7 Å². The van der Waals surface area contributed by atoms with Crippen LogP contribution in [-0.4, -0.2) is 49.2 Å². The highest BCUT2D eigenvalue weighted by Gasteiger charge is 2.14. The number of ether oxygens (including phenoxy) is 2. The molecule has 0 atom stereocenters. The maximum absolute atomic E-state index is 11.4. The normalized spacial score (nSPS) is 14.0. The van der Waals surface area contributed by atoms with Crippen LogP contribution in [0.25, 0.3) is 0 Å². The first-order valence-corrected chi connectivity index (χ1v) is 8.22. The predicted molar refractivity (Wildman–Crippen MR) is 95.4 cm³/mol. The van der Waals surface area contributed by atoms with Crippen molar-refractivity contribution in [3.05, 3.63) is 36.4 Å². The second kappa shape index (κ2) is 8.29. The lowest BCUT2D eigenvalue weighted by molar-refractivity contribution is 0.123. The number of rotatable bonds is 5. The average Bonchev–Trinajstić information content (AvgIpc) is 2.65. The minimum atomic E-state index is -0.546. The van der Waals surface area contributed by atoms with Crippen molar-refractivity contribution >= 4 is 29.1 Å². The number of hydrogen-bond donors (Lipinski definition) is 2. The quantitative estimate of drug-likeness (QED) is 0.862. The lowest BCUT2D eigenvalue weighted by Gasteiger charge is -2.30. The molecule has 0 spiro atoms. The third-order valence-electron chi connectivity index (χ3n) is 3.69. The van der Waals surface area contributed by atoms with Crippen molar-refractivity contribution in [3.63, 3.8) is 0 Å². The predicted octanol–water partition coefficient (Wildman–Crippen LogP) is 2.63. The van der Waals surface area contributed by atoms with E-state index in [-0.39, 0.29) is 0 Å². The van der Waals surface area contributed by atoms with Crippen LogP contribution in [-0.2, 0) is 9.47 Å². The van der Waals surface area contributed by atoms with Crippen molar-refractivity contribution in [1.82, 2.24) is 10.2 Å². The van der Waals surface area contributed by atoms with Gasteiger partial charge in [-0.25, -0.2) is 4.79 Å². The van der Waals surface area contributed by atoms with Crippen LogP contribution in [0.1, 0.15) is 6.92 Å². The van der Waals surface area contributed by atoms with Crippen LogP contribution in [0.2, 0.25) is 0 Å². The summed E-state index contributed by atoms with van der Waals surface area (Å²) in [5.74, 6) is 0.931. The molecule has 2 aromatic rings. The minimum absolute atomic E-state index is 0.303. The number of anilines is 4.